The van der Waals surface area contributed by atoms with Crippen LogP contribution in [0.4, 0.5) is 0 Å². The summed E-state index contributed by atoms with van der Waals surface area (Å²) in [4.78, 5) is 4.07. The van der Waals surface area contributed by atoms with Crippen molar-refractivity contribution in [3.63, 3.8) is 0 Å². The molecule has 0 aliphatic heterocycles. The summed E-state index contributed by atoms with van der Waals surface area (Å²) in [6.07, 6.45) is 1.28. The van der Waals surface area contributed by atoms with Crippen LogP contribution in [0, 0.1) is 0 Å². The van der Waals surface area contributed by atoms with Gasteiger partial charge in [0, 0.05) is 19.7 Å². The van der Waals surface area contributed by atoms with Crippen molar-refractivity contribution >= 4 is 21.1 Å². The van der Waals surface area contributed by atoms with Crippen LogP contribution in [0.25, 0.3) is 11.1 Å². The number of hydrogen-bond acceptors (Lipinski definition) is 5. The molecule has 1 aromatic carbocycles. The van der Waals surface area contributed by atoms with Gasteiger partial charge >= 0.3 is 0 Å². The minimum absolute atomic E-state index is 0.151. The number of hydrogen-bond donors (Lipinski definition) is 1. The molecule has 0 saturated carbocycles. The number of oxazole rings is 1. The Morgan fingerprint density at radius 2 is 2.29 bits per heavy atom. The third-order valence-electron chi connectivity index (χ3n) is 2.21. The number of rotatable bonds is 5. The van der Waals surface area contributed by atoms with Crippen LogP contribution in [0.3, 0.4) is 0 Å². The third kappa shape index (κ3) is 2.63. The molecule has 0 aliphatic carbocycles. The fraction of sp³-hybridized carbons (Fsp3) is 0.300. The van der Waals surface area contributed by atoms with E-state index in [2.05, 4.69) is 9.71 Å². The van der Waals surface area contributed by atoms with Crippen LogP contribution >= 0.6 is 0 Å². The average molecular weight is 256 g/mol. The molecule has 1 heterocycles. The van der Waals surface area contributed by atoms with Gasteiger partial charge in [-0.3, -0.25) is 0 Å². The van der Waals surface area contributed by atoms with Crippen LogP contribution in [0.2, 0.25) is 0 Å². The number of nitrogens with one attached hydrogen (secondary N) is 1. The molecule has 0 fully saturated rings. The highest BCUT2D eigenvalue weighted by molar-refractivity contribution is 7.89. The zero-order chi connectivity index (χ0) is 12.3. The molecule has 17 heavy (non-hydrogen) atoms. The van der Waals surface area contributed by atoms with E-state index in [9.17, 15) is 8.42 Å². The quantitative estimate of drug-likeness (QED) is 0.798. The zero-order valence-corrected chi connectivity index (χ0v) is 10.0. The maximum Gasteiger partial charge on any atom is 0.240 e. The first-order valence-corrected chi connectivity index (χ1v) is 6.43. The molecule has 0 spiro atoms. The molecule has 0 aliphatic rings. The maximum absolute atomic E-state index is 11.8. The fourth-order valence-corrected chi connectivity index (χ4v) is 2.39. The molecular formula is C10H12N2O4S. The van der Waals surface area contributed by atoms with E-state index in [4.69, 9.17) is 9.15 Å². The second-order valence-corrected chi connectivity index (χ2v) is 5.14. The number of aromatic nitrogens is 1. The van der Waals surface area contributed by atoms with Crippen LogP contribution in [0.1, 0.15) is 0 Å². The average Bonchev–Trinajstić information content (AvgIpc) is 2.76. The Morgan fingerprint density at radius 3 is 3.06 bits per heavy atom. The normalized spacial score (nSPS) is 12.1. The van der Waals surface area contributed by atoms with Crippen LogP contribution in [-0.2, 0) is 14.8 Å². The summed E-state index contributed by atoms with van der Waals surface area (Å²) in [7, 11) is -2.01. The van der Waals surface area contributed by atoms with Crippen molar-refractivity contribution in [1.82, 2.24) is 9.71 Å². The largest absolute Gasteiger partial charge is 0.443 e. The summed E-state index contributed by atoms with van der Waals surface area (Å²) < 4.78 is 35.9. The lowest BCUT2D eigenvalue weighted by Gasteiger charge is -2.05. The Bertz CT molecular complexity index is 606. The first-order chi connectivity index (χ1) is 8.13. The molecule has 0 unspecified atom stereocenters. The van der Waals surface area contributed by atoms with E-state index < -0.39 is 10.0 Å². The van der Waals surface area contributed by atoms with Gasteiger partial charge in [-0.1, -0.05) is 0 Å². The van der Waals surface area contributed by atoms with Crippen molar-refractivity contribution in [1.29, 1.82) is 0 Å². The lowest BCUT2D eigenvalue weighted by atomic mass is 10.3. The molecule has 7 heteroatoms. The SMILES string of the molecule is COCCNS(=O)(=O)c1ccc2ncoc2c1. The molecule has 0 bridgehead atoms. The molecule has 1 N–H and O–H groups in total. The van der Waals surface area contributed by atoms with E-state index in [0.717, 1.165) is 0 Å². The molecule has 2 aromatic rings. The van der Waals surface area contributed by atoms with Crippen LogP contribution in [-0.4, -0.2) is 33.7 Å². The van der Waals surface area contributed by atoms with Gasteiger partial charge in [-0.2, -0.15) is 0 Å². The van der Waals surface area contributed by atoms with Gasteiger partial charge in [0.15, 0.2) is 12.0 Å². The molecule has 0 amide bonds. The van der Waals surface area contributed by atoms with Crippen molar-refractivity contribution in [2.75, 3.05) is 20.3 Å². The highest BCUT2D eigenvalue weighted by Crippen LogP contribution is 2.17. The molecule has 0 saturated heterocycles. The lowest BCUT2D eigenvalue weighted by molar-refractivity contribution is 0.204. The predicted molar refractivity (Wildman–Crippen MR) is 61.1 cm³/mol. The van der Waals surface area contributed by atoms with Gasteiger partial charge in [0.1, 0.15) is 5.52 Å². The van der Waals surface area contributed by atoms with Crippen molar-refractivity contribution < 1.29 is 17.6 Å². The summed E-state index contributed by atoms with van der Waals surface area (Å²) in [5.74, 6) is 0. The van der Waals surface area contributed by atoms with Gasteiger partial charge in [0.25, 0.3) is 0 Å². The standard InChI is InChI=1S/C10H12N2O4S/c1-15-5-4-12-17(13,14)8-2-3-9-10(6-8)16-7-11-9/h2-3,6-7,12H,4-5H2,1H3. The maximum atomic E-state index is 11.8. The van der Waals surface area contributed by atoms with Crippen molar-refractivity contribution in [3.05, 3.63) is 24.6 Å². The van der Waals surface area contributed by atoms with Gasteiger partial charge in [-0.15, -0.1) is 0 Å². The molecular weight excluding hydrogens is 244 g/mol. The topological polar surface area (TPSA) is 81.4 Å². The van der Waals surface area contributed by atoms with Crippen LogP contribution in [0.15, 0.2) is 33.9 Å². The smallest absolute Gasteiger partial charge is 0.240 e. The Kier molecular flexibility index (Phi) is 3.41. The molecule has 1 aromatic heterocycles. The van der Waals surface area contributed by atoms with Crippen molar-refractivity contribution in [2.24, 2.45) is 0 Å². The van der Waals surface area contributed by atoms with Gasteiger partial charge in [-0.05, 0) is 12.1 Å². The summed E-state index contributed by atoms with van der Waals surface area (Å²) >= 11 is 0. The number of nitrogens with zero attached hydrogens (tertiary/aromatic N) is 1. The second kappa shape index (κ2) is 4.82. The highest BCUT2D eigenvalue weighted by Gasteiger charge is 2.14. The van der Waals surface area contributed by atoms with Crippen LogP contribution in [0.5, 0.6) is 0 Å². The Hall–Kier alpha value is -1.44. The van der Waals surface area contributed by atoms with Crippen LogP contribution < -0.4 is 4.72 Å². The summed E-state index contributed by atoms with van der Waals surface area (Å²) in [6, 6.07) is 4.53. The highest BCUT2D eigenvalue weighted by atomic mass is 32.2. The third-order valence-corrected chi connectivity index (χ3v) is 3.67. The Labute approximate surface area is 98.6 Å². The number of benzene rings is 1. The van der Waals surface area contributed by atoms with E-state index in [1.54, 1.807) is 6.07 Å². The summed E-state index contributed by atoms with van der Waals surface area (Å²) in [5.41, 5.74) is 1.07. The van der Waals surface area contributed by atoms with E-state index in [1.165, 1.54) is 25.6 Å². The van der Waals surface area contributed by atoms with Gasteiger partial charge in [-0.25, -0.2) is 18.1 Å². The van der Waals surface area contributed by atoms with Gasteiger partial charge < -0.3 is 9.15 Å². The van der Waals surface area contributed by atoms with Gasteiger partial charge in [0.05, 0.1) is 11.5 Å². The van der Waals surface area contributed by atoms with E-state index >= 15 is 0 Å². The number of fused-ring (bicyclic) bond motifs is 1. The number of ether oxygens (including phenoxy) is 1. The summed E-state index contributed by atoms with van der Waals surface area (Å²) in [5, 5.41) is 0. The summed E-state index contributed by atoms with van der Waals surface area (Å²) in [6.45, 7) is 0.553. The zero-order valence-electron chi connectivity index (χ0n) is 9.21. The molecule has 6 nitrogen and oxygen atoms in total. The van der Waals surface area contributed by atoms with E-state index in [0.29, 0.717) is 17.7 Å². The minimum atomic E-state index is -3.52. The van der Waals surface area contributed by atoms with E-state index in [-0.39, 0.29) is 11.4 Å². The van der Waals surface area contributed by atoms with Gasteiger partial charge in [0.2, 0.25) is 10.0 Å². The van der Waals surface area contributed by atoms with E-state index in [1.807, 2.05) is 0 Å². The molecule has 92 valence electrons. The van der Waals surface area contributed by atoms with Crippen molar-refractivity contribution in [3.8, 4) is 0 Å². The predicted octanol–water partition coefficient (Wildman–Crippen LogP) is 0.752. The van der Waals surface area contributed by atoms with Crippen molar-refractivity contribution in [2.45, 2.75) is 4.90 Å². The first kappa shape index (κ1) is 12.0. The Balaban J connectivity index is 2.25. The molecule has 2 rings (SSSR count). The molecule has 0 radical (unpaired) electrons. The fourth-order valence-electron chi connectivity index (χ4n) is 1.36. The lowest BCUT2D eigenvalue weighted by Crippen LogP contribution is -2.27. The Morgan fingerprint density at radius 1 is 1.47 bits per heavy atom. The number of sulfonamides is 1. The first-order valence-electron chi connectivity index (χ1n) is 4.95. The minimum Gasteiger partial charge on any atom is -0.443 e. The number of methoxy groups -OCH3 is 1. The monoisotopic (exact) mass is 256 g/mol. The second-order valence-electron chi connectivity index (χ2n) is 3.37. The molecule has 0 atom stereocenters.